The second-order valence-corrected chi connectivity index (χ2v) is 9.66. The number of Topliss-reactive ketones (excluding diaryl/α,β-unsaturated/α-hetero) is 1. The minimum Gasteiger partial charge on any atom is -0.444 e. The van der Waals surface area contributed by atoms with Gasteiger partial charge in [0.2, 0.25) is 0 Å². The van der Waals surface area contributed by atoms with Crippen LogP contribution < -0.4 is 9.80 Å². The van der Waals surface area contributed by atoms with E-state index in [9.17, 15) is 9.59 Å². The predicted octanol–water partition coefficient (Wildman–Crippen LogP) is 4.44. The summed E-state index contributed by atoms with van der Waals surface area (Å²) in [5, 5.41) is 0.412. The fourth-order valence-corrected chi connectivity index (χ4v) is 4.25. The van der Waals surface area contributed by atoms with Crippen LogP contribution in [-0.4, -0.2) is 59.6 Å². The number of anilines is 3. The molecule has 2 aliphatic heterocycles. The van der Waals surface area contributed by atoms with Gasteiger partial charge in [0.1, 0.15) is 16.6 Å². The predicted molar refractivity (Wildman–Crippen MR) is 126 cm³/mol. The number of ketones is 1. The summed E-state index contributed by atoms with van der Waals surface area (Å²) < 4.78 is 5.48. The molecule has 1 aromatic heterocycles. The molecule has 32 heavy (non-hydrogen) atoms. The van der Waals surface area contributed by atoms with Crippen LogP contribution in [0.25, 0.3) is 0 Å². The van der Waals surface area contributed by atoms with E-state index in [-0.39, 0.29) is 17.9 Å². The van der Waals surface area contributed by atoms with Crippen molar-refractivity contribution in [2.75, 3.05) is 36.0 Å². The molecule has 2 aromatic rings. The second-order valence-electron chi connectivity index (χ2n) is 9.28. The van der Waals surface area contributed by atoms with E-state index in [4.69, 9.17) is 16.3 Å². The number of amides is 1. The molecule has 3 heterocycles. The van der Waals surface area contributed by atoms with Gasteiger partial charge in [-0.05, 0) is 58.0 Å². The fraction of sp³-hybridized carbons (Fsp3) is 0.458. The average Bonchev–Trinajstić information content (AvgIpc) is 2.74. The first kappa shape index (κ1) is 22.4. The summed E-state index contributed by atoms with van der Waals surface area (Å²) in [5.74, 6) is 0.896. The molecule has 2 aliphatic rings. The van der Waals surface area contributed by atoms with E-state index < -0.39 is 5.60 Å². The van der Waals surface area contributed by atoms with Crippen LogP contribution in [-0.2, 0) is 16.0 Å². The van der Waals surface area contributed by atoms with Crippen LogP contribution in [0.3, 0.4) is 0 Å². The number of pyridine rings is 1. The van der Waals surface area contributed by atoms with Crippen LogP contribution >= 0.6 is 11.6 Å². The molecule has 1 fully saturated rings. The monoisotopic (exact) mass is 456 g/mol. The van der Waals surface area contributed by atoms with Crippen molar-refractivity contribution in [1.82, 2.24) is 9.88 Å². The molecule has 4 rings (SSSR count). The maximum absolute atomic E-state index is 12.6. The molecule has 1 atom stereocenters. The van der Waals surface area contributed by atoms with E-state index in [1.54, 1.807) is 11.0 Å². The summed E-state index contributed by atoms with van der Waals surface area (Å²) in [6.45, 7) is 10.2. The van der Waals surface area contributed by atoms with Gasteiger partial charge >= 0.3 is 6.09 Å². The SMILES string of the molecule is CC1C(=O)Cc2ccc(Cl)nc2N1c1ccc(N2CCN(C(=O)OC(C)(C)C)CC2)cc1. The number of carbonyl (C=O) groups excluding carboxylic acids is 2. The van der Waals surface area contributed by atoms with E-state index in [1.165, 1.54) is 0 Å². The van der Waals surface area contributed by atoms with Crippen molar-refractivity contribution in [3.05, 3.63) is 47.1 Å². The number of fused-ring (bicyclic) bond motifs is 1. The Hall–Kier alpha value is -2.80. The zero-order valence-electron chi connectivity index (χ0n) is 19.0. The zero-order chi connectivity index (χ0) is 23.0. The molecule has 1 unspecified atom stereocenters. The summed E-state index contributed by atoms with van der Waals surface area (Å²) in [7, 11) is 0. The van der Waals surface area contributed by atoms with Gasteiger partial charge in [0.25, 0.3) is 0 Å². The molecule has 170 valence electrons. The van der Waals surface area contributed by atoms with Gasteiger partial charge in [-0.15, -0.1) is 0 Å². The van der Waals surface area contributed by atoms with Crippen LogP contribution in [0.4, 0.5) is 22.0 Å². The van der Waals surface area contributed by atoms with Crippen molar-refractivity contribution in [1.29, 1.82) is 0 Å². The van der Waals surface area contributed by atoms with Gasteiger partial charge in [-0.25, -0.2) is 9.78 Å². The molecular formula is C24H29ClN4O3. The van der Waals surface area contributed by atoms with Crippen molar-refractivity contribution in [2.24, 2.45) is 0 Å². The maximum Gasteiger partial charge on any atom is 0.410 e. The smallest absolute Gasteiger partial charge is 0.410 e. The highest BCUT2D eigenvalue weighted by Crippen LogP contribution is 2.36. The number of ether oxygens (including phenoxy) is 1. The van der Waals surface area contributed by atoms with E-state index in [0.717, 1.165) is 35.8 Å². The number of piperazine rings is 1. The fourth-order valence-electron chi connectivity index (χ4n) is 4.11. The standard InChI is InChI=1S/C24H29ClN4O3/c1-16-20(30)15-17-5-10-21(25)26-22(17)29(16)19-8-6-18(7-9-19)27-11-13-28(14-12-27)23(31)32-24(2,3)4/h5-10,16H,11-15H2,1-4H3. The van der Waals surface area contributed by atoms with Crippen LogP contribution in [0, 0.1) is 0 Å². The molecule has 7 nitrogen and oxygen atoms in total. The Kier molecular flexibility index (Phi) is 6.03. The van der Waals surface area contributed by atoms with E-state index in [1.807, 2.05) is 50.8 Å². The molecule has 1 saturated heterocycles. The highest BCUT2D eigenvalue weighted by molar-refractivity contribution is 6.29. The van der Waals surface area contributed by atoms with Crippen LogP contribution in [0.2, 0.25) is 5.15 Å². The Bertz CT molecular complexity index is 1010. The van der Waals surface area contributed by atoms with Gasteiger partial charge in [-0.1, -0.05) is 17.7 Å². The van der Waals surface area contributed by atoms with E-state index >= 15 is 0 Å². The van der Waals surface area contributed by atoms with Crippen molar-refractivity contribution < 1.29 is 14.3 Å². The summed E-state index contributed by atoms with van der Waals surface area (Å²) in [5.41, 5.74) is 2.37. The minimum absolute atomic E-state index is 0.156. The molecule has 0 aliphatic carbocycles. The minimum atomic E-state index is -0.491. The Balaban J connectivity index is 1.47. The Morgan fingerprint density at radius 3 is 2.28 bits per heavy atom. The molecule has 1 aromatic carbocycles. The van der Waals surface area contributed by atoms with Crippen LogP contribution in [0.15, 0.2) is 36.4 Å². The molecule has 0 N–H and O–H groups in total. The van der Waals surface area contributed by atoms with Crippen molar-refractivity contribution >= 4 is 40.7 Å². The third-order valence-electron chi connectivity index (χ3n) is 5.79. The number of hydrogen-bond donors (Lipinski definition) is 0. The van der Waals surface area contributed by atoms with Gasteiger partial charge in [-0.2, -0.15) is 0 Å². The zero-order valence-corrected chi connectivity index (χ0v) is 19.7. The Morgan fingerprint density at radius 1 is 1.03 bits per heavy atom. The molecule has 1 amide bonds. The Labute approximate surface area is 193 Å². The Morgan fingerprint density at radius 2 is 1.66 bits per heavy atom. The third kappa shape index (κ3) is 4.67. The van der Waals surface area contributed by atoms with Crippen LogP contribution in [0.1, 0.15) is 33.3 Å². The lowest BCUT2D eigenvalue weighted by molar-refractivity contribution is -0.119. The van der Waals surface area contributed by atoms with Gasteiger partial charge in [0.05, 0.1) is 6.04 Å². The highest BCUT2D eigenvalue weighted by Gasteiger charge is 2.32. The first-order chi connectivity index (χ1) is 15.1. The topological polar surface area (TPSA) is 66.0 Å². The lowest BCUT2D eigenvalue weighted by atomic mass is 9.97. The average molecular weight is 457 g/mol. The highest BCUT2D eigenvalue weighted by atomic mass is 35.5. The number of rotatable bonds is 2. The molecule has 0 radical (unpaired) electrons. The third-order valence-corrected chi connectivity index (χ3v) is 6.00. The summed E-state index contributed by atoms with van der Waals surface area (Å²) in [6.07, 6.45) is 0.109. The largest absolute Gasteiger partial charge is 0.444 e. The molecule has 8 heteroatoms. The quantitative estimate of drug-likeness (QED) is 0.622. The first-order valence-corrected chi connectivity index (χ1v) is 11.3. The van der Waals surface area contributed by atoms with Gasteiger partial charge in [-0.3, -0.25) is 4.79 Å². The maximum atomic E-state index is 12.6. The number of aromatic nitrogens is 1. The summed E-state index contributed by atoms with van der Waals surface area (Å²) >= 11 is 6.14. The van der Waals surface area contributed by atoms with E-state index in [0.29, 0.717) is 24.7 Å². The molecule has 0 saturated carbocycles. The van der Waals surface area contributed by atoms with E-state index in [2.05, 4.69) is 22.0 Å². The van der Waals surface area contributed by atoms with Crippen LogP contribution in [0.5, 0.6) is 0 Å². The van der Waals surface area contributed by atoms with Crippen molar-refractivity contribution in [3.63, 3.8) is 0 Å². The molecule has 0 bridgehead atoms. The lowest BCUT2D eigenvalue weighted by Gasteiger charge is -2.37. The van der Waals surface area contributed by atoms with Gasteiger partial charge < -0.3 is 19.4 Å². The number of halogens is 1. The summed E-state index contributed by atoms with van der Waals surface area (Å²) in [4.78, 5) is 35.3. The first-order valence-electron chi connectivity index (χ1n) is 10.9. The second kappa shape index (κ2) is 8.62. The normalized spacial score (nSPS) is 19.1. The summed E-state index contributed by atoms with van der Waals surface area (Å²) in [6, 6.07) is 11.4. The van der Waals surface area contributed by atoms with Crippen molar-refractivity contribution in [2.45, 2.75) is 45.8 Å². The van der Waals surface area contributed by atoms with Gasteiger partial charge in [0.15, 0.2) is 5.78 Å². The molecule has 0 spiro atoms. The lowest BCUT2D eigenvalue weighted by Crippen LogP contribution is -2.50. The number of carbonyl (C=O) groups is 2. The van der Waals surface area contributed by atoms with Gasteiger partial charge in [0, 0.05) is 49.5 Å². The number of hydrogen-bond acceptors (Lipinski definition) is 6. The number of benzene rings is 1. The van der Waals surface area contributed by atoms with Crippen molar-refractivity contribution in [3.8, 4) is 0 Å². The molecular weight excluding hydrogens is 428 g/mol. The number of nitrogens with zero attached hydrogens (tertiary/aromatic N) is 4.